The first-order valence-electron chi connectivity index (χ1n) is 15.7. The molecule has 0 radical (unpaired) electrons. The monoisotopic (exact) mass is 603 g/mol. The number of halogens is 2. The van der Waals surface area contributed by atoms with E-state index >= 15 is 0 Å². The van der Waals surface area contributed by atoms with E-state index in [2.05, 4.69) is 40.6 Å². The Morgan fingerprint density at radius 2 is 1.86 bits per heavy atom. The number of piperazine rings is 1. The molecular weight excluding hydrogens is 565 g/mol. The minimum Gasteiger partial charge on any atom is -0.461 e. The maximum Gasteiger partial charge on any atom is 0.319 e. The van der Waals surface area contributed by atoms with Crippen molar-refractivity contribution in [2.75, 3.05) is 44.2 Å². The van der Waals surface area contributed by atoms with Crippen molar-refractivity contribution in [1.82, 2.24) is 19.8 Å². The molecule has 9 heteroatoms. The van der Waals surface area contributed by atoms with Gasteiger partial charge in [0, 0.05) is 41.6 Å². The van der Waals surface area contributed by atoms with Crippen LogP contribution in [0.25, 0.3) is 22.0 Å². The van der Waals surface area contributed by atoms with Crippen LogP contribution in [0.2, 0.25) is 5.02 Å². The molecule has 226 valence electrons. The molecule has 1 atom stereocenters. The number of ether oxygens (including phenoxy) is 1. The van der Waals surface area contributed by atoms with Crippen molar-refractivity contribution in [2.24, 2.45) is 0 Å². The van der Waals surface area contributed by atoms with Crippen LogP contribution in [0, 0.1) is 0 Å². The van der Waals surface area contributed by atoms with Crippen molar-refractivity contribution in [3.8, 4) is 17.1 Å². The highest BCUT2D eigenvalue weighted by atomic mass is 35.5. The highest BCUT2D eigenvalue weighted by Gasteiger charge is 2.45. The number of nitrogens with zero attached hydrogens (tertiary/aromatic N) is 5. The zero-order valence-electron chi connectivity index (χ0n) is 24.9. The van der Waals surface area contributed by atoms with Crippen LogP contribution in [-0.2, 0) is 17.6 Å². The van der Waals surface area contributed by atoms with Gasteiger partial charge in [-0.15, -0.1) is 0 Å². The molecule has 1 amide bonds. The first-order chi connectivity index (χ1) is 20.8. The molecule has 43 heavy (non-hydrogen) atoms. The summed E-state index contributed by atoms with van der Waals surface area (Å²) >= 11 is 7.06. The van der Waals surface area contributed by atoms with Gasteiger partial charge in [-0.3, -0.25) is 9.69 Å². The van der Waals surface area contributed by atoms with Gasteiger partial charge in [0.15, 0.2) is 5.83 Å². The highest BCUT2D eigenvalue weighted by molar-refractivity contribution is 6.34. The fourth-order valence-electron chi connectivity index (χ4n) is 7.92. The van der Waals surface area contributed by atoms with E-state index in [9.17, 15) is 9.18 Å². The second-order valence-corrected chi connectivity index (χ2v) is 13.1. The highest BCUT2D eigenvalue weighted by Crippen LogP contribution is 2.41. The van der Waals surface area contributed by atoms with E-state index in [1.54, 1.807) is 0 Å². The van der Waals surface area contributed by atoms with E-state index in [0.717, 1.165) is 61.1 Å². The number of carbonyl (C=O) groups excluding carboxylic acids is 1. The van der Waals surface area contributed by atoms with Crippen LogP contribution in [0.5, 0.6) is 6.01 Å². The molecule has 0 N–H and O–H groups in total. The molecule has 0 bridgehead atoms. The quantitative estimate of drug-likeness (QED) is 0.306. The van der Waals surface area contributed by atoms with Crippen LogP contribution < -0.4 is 9.64 Å². The van der Waals surface area contributed by atoms with Crippen LogP contribution >= 0.6 is 11.6 Å². The molecule has 4 aliphatic rings. The van der Waals surface area contributed by atoms with Gasteiger partial charge in [0.05, 0.1) is 11.1 Å². The van der Waals surface area contributed by atoms with E-state index in [4.69, 9.17) is 26.3 Å². The van der Waals surface area contributed by atoms with Crippen molar-refractivity contribution in [3.63, 3.8) is 0 Å². The van der Waals surface area contributed by atoms with Crippen molar-refractivity contribution < 1.29 is 13.9 Å². The summed E-state index contributed by atoms with van der Waals surface area (Å²) < 4.78 is 20.1. The van der Waals surface area contributed by atoms with E-state index in [-0.39, 0.29) is 11.6 Å². The number of amides is 1. The fourth-order valence-corrected chi connectivity index (χ4v) is 8.19. The number of carbonyl (C=O) groups is 1. The van der Waals surface area contributed by atoms with Gasteiger partial charge in [-0.05, 0) is 100 Å². The maximum atomic E-state index is 13.7. The summed E-state index contributed by atoms with van der Waals surface area (Å²) in [6, 6.07) is 10.9. The van der Waals surface area contributed by atoms with Crippen molar-refractivity contribution in [3.05, 3.63) is 58.9 Å². The normalized spacial score (nSPS) is 21.6. The van der Waals surface area contributed by atoms with Gasteiger partial charge in [0.1, 0.15) is 12.4 Å². The zero-order chi connectivity index (χ0) is 29.7. The molecule has 0 spiro atoms. The lowest BCUT2D eigenvalue weighted by atomic mass is 9.86. The number of fused-ring (bicyclic) bond motifs is 3. The second kappa shape index (κ2) is 11.4. The molecule has 2 aromatic carbocycles. The summed E-state index contributed by atoms with van der Waals surface area (Å²) in [5, 5.41) is 1.50. The van der Waals surface area contributed by atoms with Crippen molar-refractivity contribution in [2.45, 2.75) is 69.9 Å². The van der Waals surface area contributed by atoms with Gasteiger partial charge in [-0.1, -0.05) is 36.4 Å². The van der Waals surface area contributed by atoms with Crippen LogP contribution in [-0.4, -0.2) is 76.6 Å². The Balaban J connectivity index is 1.29. The Hall–Kier alpha value is -3.23. The number of benzene rings is 2. The Labute approximate surface area is 257 Å². The third kappa shape index (κ3) is 5.16. The summed E-state index contributed by atoms with van der Waals surface area (Å²) in [5.41, 5.74) is 5.78. The largest absolute Gasteiger partial charge is 0.461 e. The maximum absolute atomic E-state index is 13.7. The number of hydrogen-bond donors (Lipinski definition) is 0. The lowest BCUT2D eigenvalue weighted by molar-refractivity contribution is -0.129. The second-order valence-electron chi connectivity index (χ2n) is 12.7. The summed E-state index contributed by atoms with van der Waals surface area (Å²) in [6.07, 6.45) is 9.21. The number of aryl methyl sites for hydroxylation is 1. The lowest BCUT2D eigenvalue weighted by Crippen LogP contribution is -2.54. The summed E-state index contributed by atoms with van der Waals surface area (Å²) in [7, 11) is 0. The smallest absolute Gasteiger partial charge is 0.319 e. The molecule has 0 unspecified atom stereocenters. The standard InChI is InChI=1S/C34H39ClFN5O2/c1-22-20-39(32(42)23(2)36)16-17-41(22)31-28-18-29(35)27(26-11-5-9-24-8-3-4-10-25(24)26)19-30(28)37-33(38-31)43-21-34-12-6-14-40(34)15-7-13-34/h5,9,11,18-19,22H,2-4,6-8,10,12-17,20-21H2,1H3/t22-/m0/s1. The van der Waals surface area contributed by atoms with Gasteiger partial charge >= 0.3 is 6.01 Å². The number of aromatic nitrogens is 2. The Kier molecular flexibility index (Phi) is 7.54. The van der Waals surface area contributed by atoms with Gasteiger partial charge in [-0.25, -0.2) is 4.39 Å². The SMILES string of the molecule is C=C(F)C(=O)N1CCN(c2nc(OCC34CCCN3CCC4)nc3cc(-c4cccc5c4CCCC5)c(Cl)cc23)[C@@H](C)C1. The van der Waals surface area contributed by atoms with Crippen LogP contribution in [0.3, 0.4) is 0 Å². The summed E-state index contributed by atoms with van der Waals surface area (Å²) in [4.78, 5) is 28.5. The van der Waals surface area contributed by atoms with Gasteiger partial charge in [-0.2, -0.15) is 9.97 Å². The molecule has 7 nitrogen and oxygen atoms in total. The molecule has 3 fully saturated rings. The zero-order valence-corrected chi connectivity index (χ0v) is 25.6. The predicted octanol–water partition coefficient (Wildman–Crippen LogP) is 6.36. The van der Waals surface area contributed by atoms with Crippen molar-refractivity contribution in [1.29, 1.82) is 0 Å². The molecule has 0 saturated carbocycles. The molecular formula is C34H39ClFN5O2. The Morgan fingerprint density at radius 3 is 2.63 bits per heavy atom. The molecule has 3 saturated heterocycles. The first-order valence-corrected chi connectivity index (χ1v) is 16.1. The molecule has 3 aromatic rings. The topological polar surface area (TPSA) is 61.8 Å². The summed E-state index contributed by atoms with van der Waals surface area (Å²) in [6.45, 7) is 9.28. The van der Waals surface area contributed by atoms with E-state index in [1.165, 1.54) is 47.3 Å². The van der Waals surface area contributed by atoms with E-state index in [1.807, 2.05) is 13.0 Å². The average molecular weight is 604 g/mol. The fraction of sp³-hybridized carbons (Fsp3) is 0.500. The molecule has 7 rings (SSSR count). The van der Waals surface area contributed by atoms with Crippen LogP contribution in [0.1, 0.15) is 56.6 Å². The third-order valence-corrected chi connectivity index (χ3v) is 10.4. The number of anilines is 1. The van der Waals surface area contributed by atoms with Crippen LogP contribution in [0.4, 0.5) is 10.2 Å². The minimum absolute atomic E-state index is 0.0702. The Bertz CT molecular complexity index is 1580. The average Bonchev–Trinajstić information content (AvgIpc) is 3.60. The first kappa shape index (κ1) is 28.5. The number of rotatable bonds is 6. The molecule has 1 aromatic heterocycles. The van der Waals surface area contributed by atoms with Crippen molar-refractivity contribution >= 4 is 34.2 Å². The van der Waals surface area contributed by atoms with Gasteiger partial charge in [0.2, 0.25) is 0 Å². The third-order valence-electron chi connectivity index (χ3n) is 10.1. The number of hydrogen-bond acceptors (Lipinski definition) is 6. The lowest BCUT2D eigenvalue weighted by Gasteiger charge is -2.40. The predicted molar refractivity (Wildman–Crippen MR) is 169 cm³/mol. The molecule has 3 aliphatic heterocycles. The minimum atomic E-state index is -0.932. The van der Waals surface area contributed by atoms with E-state index in [0.29, 0.717) is 37.3 Å². The Morgan fingerprint density at radius 1 is 1.07 bits per heavy atom. The van der Waals surface area contributed by atoms with Gasteiger partial charge < -0.3 is 14.5 Å². The molecule has 1 aliphatic carbocycles. The molecule has 4 heterocycles. The van der Waals surface area contributed by atoms with E-state index < -0.39 is 11.7 Å². The van der Waals surface area contributed by atoms with Gasteiger partial charge in [0.25, 0.3) is 5.91 Å². The summed E-state index contributed by atoms with van der Waals surface area (Å²) in [5.74, 6) is -0.855. The van der Waals surface area contributed by atoms with Crippen LogP contribution in [0.15, 0.2) is 42.7 Å².